The van der Waals surface area contributed by atoms with Gasteiger partial charge in [-0.05, 0) is 31.2 Å². The fourth-order valence-electron chi connectivity index (χ4n) is 1.53. The lowest BCUT2D eigenvalue weighted by atomic mass is 10.1. The Hall–Kier alpha value is -1.68. The highest BCUT2D eigenvalue weighted by Crippen LogP contribution is 2.25. The maximum atomic E-state index is 13.9. The zero-order valence-electron chi connectivity index (χ0n) is 9.49. The van der Waals surface area contributed by atoms with Gasteiger partial charge >= 0.3 is 0 Å². The number of methoxy groups -OCH3 is 1. The van der Waals surface area contributed by atoms with Gasteiger partial charge in [-0.25, -0.2) is 4.39 Å². The number of benzene rings is 1. The summed E-state index contributed by atoms with van der Waals surface area (Å²) in [5.41, 5.74) is 0.0474. The van der Waals surface area contributed by atoms with Crippen LogP contribution in [-0.4, -0.2) is 12.9 Å². The van der Waals surface area contributed by atoms with Crippen LogP contribution < -0.4 is 4.74 Å². The molecule has 0 aliphatic rings. The standard InChI is InChI=1S/C13H11FO2S/c1-8-6-7-11(17-8)13(15)9-4-3-5-10(16-2)12(9)14/h3-7H,1-2H3. The van der Waals surface area contributed by atoms with Crippen molar-refractivity contribution in [2.45, 2.75) is 6.92 Å². The van der Waals surface area contributed by atoms with E-state index in [4.69, 9.17) is 4.74 Å². The van der Waals surface area contributed by atoms with Gasteiger partial charge in [0.15, 0.2) is 11.6 Å². The van der Waals surface area contributed by atoms with E-state index in [-0.39, 0.29) is 17.1 Å². The fraction of sp³-hybridized carbons (Fsp3) is 0.154. The van der Waals surface area contributed by atoms with Gasteiger partial charge in [0.05, 0.1) is 17.6 Å². The maximum Gasteiger partial charge on any atom is 0.206 e. The van der Waals surface area contributed by atoms with Crippen molar-refractivity contribution in [3.05, 3.63) is 51.5 Å². The van der Waals surface area contributed by atoms with E-state index in [1.54, 1.807) is 12.1 Å². The molecule has 4 heteroatoms. The number of thiophene rings is 1. The molecule has 17 heavy (non-hydrogen) atoms. The summed E-state index contributed by atoms with van der Waals surface area (Å²) < 4.78 is 18.7. The topological polar surface area (TPSA) is 26.3 Å². The van der Waals surface area contributed by atoms with E-state index in [0.29, 0.717) is 4.88 Å². The molecule has 0 unspecified atom stereocenters. The van der Waals surface area contributed by atoms with Crippen molar-refractivity contribution >= 4 is 17.1 Å². The molecule has 1 heterocycles. The predicted octanol–water partition coefficient (Wildman–Crippen LogP) is 3.44. The van der Waals surface area contributed by atoms with Crippen LogP contribution in [0.1, 0.15) is 20.1 Å². The second kappa shape index (κ2) is 4.67. The first kappa shape index (κ1) is 11.8. The van der Waals surface area contributed by atoms with Crippen LogP contribution in [0.15, 0.2) is 30.3 Å². The molecule has 2 rings (SSSR count). The van der Waals surface area contributed by atoms with Gasteiger partial charge in [0, 0.05) is 4.88 Å². The highest BCUT2D eigenvalue weighted by molar-refractivity contribution is 7.14. The van der Waals surface area contributed by atoms with E-state index in [2.05, 4.69) is 0 Å². The molecule has 2 nitrogen and oxygen atoms in total. The van der Waals surface area contributed by atoms with Crippen molar-refractivity contribution in [1.82, 2.24) is 0 Å². The van der Waals surface area contributed by atoms with Gasteiger partial charge in [0.1, 0.15) is 0 Å². The smallest absolute Gasteiger partial charge is 0.206 e. The van der Waals surface area contributed by atoms with Crippen LogP contribution in [0.2, 0.25) is 0 Å². The lowest BCUT2D eigenvalue weighted by Gasteiger charge is -2.05. The quantitative estimate of drug-likeness (QED) is 0.780. The lowest BCUT2D eigenvalue weighted by molar-refractivity contribution is 0.103. The largest absolute Gasteiger partial charge is 0.494 e. The summed E-state index contributed by atoms with van der Waals surface area (Å²) in [5, 5.41) is 0. The van der Waals surface area contributed by atoms with Crippen molar-refractivity contribution in [2.75, 3.05) is 7.11 Å². The molecule has 1 aromatic heterocycles. The van der Waals surface area contributed by atoms with Crippen LogP contribution in [0.25, 0.3) is 0 Å². The number of hydrogen-bond donors (Lipinski definition) is 0. The normalized spacial score (nSPS) is 10.3. The summed E-state index contributed by atoms with van der Waals surface area (Å²) in [6.07, 6.45) is 0. The third-order valence-corrected chi connectivity index (χ3v) is 3.39. The van der Waals surface area contributed by atoms with E-state index >= 15 is 0 Å². The number of carbonyl (C=O) groups excluding carboxylic acids is 1. The minimum absolute atomic E-state index is 0.0474. The number of rotatable bonds is 3. The summed E-state index contributed by atoms with van der Waals surface area (Å²) in [6.45, 7) is 1.91. The Kier molecular flexibility index (Phi) is 3.24. The average molecular weight is 250 g/mol. The van der Waals surface area contributed by atoms with Crippen molar-refractivity contribution < 1.29 is 13.9 Å². The Morgan fingerprint density at radius 2 is 2.06 bits per heavy atom. The number of carbonyl (C=O) groups is 1. The van der Waals surface area contributed by atoms with Gasteiger partial charge in [-0.3, -0.25) is 4.79 Å². The zero-order chi connectivity index (χ0) is 12.4. The molecule has 0 bridgehead atoms. The Balaban J connectivity index is 2.44. The zero-order valence-corrected chi connectivity index (χ0v) is 10.3. The highest BCUT2D eigenvalue weighted by atomic mass is 32.1. The average Bonchev–Trinajstić information content (AvgIpc) is 2.75. The van der Waals surface area contributed by atoms with Crippen LogP contribution >= 0.6 is 11.3 Å². The van der Waals surface area contributed by atoms with E-state index in [1.807, 2.05) is 13.0 Å². The number of ketones is 1. The van der Waals surface area contributed by atoms with Gasteiger partial charge in [0.25, 0.3) is 0 Å². The van der Waals surface area contributed by atoms with Gasteiger partial charge in [-0.1, -0.05) is 6.07 Å². The minimum Gasteiger partial charge on any atom is -0.494 e. The highest BCUT2D eigenvalue weighted by Gasteiger charge is 2.18. The van der Waals surface area contributed by atoms with Gasteiger partial charge in [0.2, 0.25) is 5.78 Å². The Morgan fingerprint density at radius 3 is 2.65 bits per heavy atom. The minimum atomic E-state index is -0.606. The molecule has 0 fully saturated rings. The van der Waals surface area contributed by atoms with Crippen LogP contribution in [0, 0.1) is 12.7 Å². The van der Waals surface area contributed by atoms with E-state index in [9.17, 15) is 9.18 Å². The molecule has 88 valence electrons. The molecule has 0 spiro atoms. The third kappa shape index (κ3) is 2.22. The molecule has 0 amide bonds. The molecule has 1 aromatic carbocycles. The van der Waals surface area contributed by atoms with Crippen LogP contribution in [-0.2, 0) is 0 Å². The summed E-state index contributed by atoms with van der Waals surface area (Å²) in [7, 11) is 1.38. The van der Waals surface area contributed by atoms with E-state index in [0.717, 1.165) is 4.88 Å². The van der Waals surface area contributed by atoms with Crippen molar-refractivity contribution in [3.8, 4) is 5.75 Å². The molecule has 0 N–H and O–H groups in total. The van der Waals surface area contributed by atoms with E-state index < -0.39 is 5.82 Å². The first-order valence-corrected chi connectivity index (χ1v) is 5.88. The summed E-state index contributed by atoms with van der Waals surface area (Å²) in [6, 6.07) is 8.12. The molecular formula is C13H11FO2S. The second-order valence-corrected chi connectivity index (χ2v) is 4.85. The number of hydrogen-bond acceptors (Lipinski definition) is 3. The van der Waals surface area contributed by atoms with Crippen molar-refractivity contribution in [2.24, 2.45) is 0 Å². The fourth-order valence-corrected chi connectivity index (χ4v) is 2.35. The molecule has 0 aliphatic carbocycles. The predicted molar refractivity (Wildman–Crippen MR) is 65.4 cm³/mol. The van der Waals surface area contributed by atoms with Crippen molar-refractivity contribution in [1.29, 1.82) is 0 Å². The lowest BCUT2D eigenvalue weighted by Crippen LogP contribution is -2.03. The van der Waals surface area contributed by atoms with Crippen LogP contribution in [0.5, 0.6) is 5.75 Å². The van der Waals surface area contributed by atoms with Crippen LogP contribution in [0.3, 0.4) is 0 Å². The van der Waals surface area contributed by atoms with Gasteiger partial charge in [-0.2, -0.15) is 0 Å². The molecule has 0 atom stereocenters. The second-order valence-electron chi connectivity index (χ2n) is 3.56. The summed E-state index contributed by atoms with van der Waals surface area (Å²) in [4.78, 5) is 13.6. The van der Waals surface area contributed by atoms with Crippen molar-refractivity contribution in [3.63, 3.8) is 0 Å². The SMILES string of the molecule is COc1cccc(C(=O)c2ccc(C)s2)c1F. The molecule has 0 radical (unpaired) electrons. The number of ether oxygens (including phenoxy) is 1. The monoisotopic (exact) mass is 250 g/mol. The summed E-state index contributed by atoms with van der Waals surface area (Å²) >= 11 is 1.36. The maximum absolute atomic E-state index is 13.9. The number of halogens is 1. The third-order valence-electron chi connectivity index (χ3n) is 2.39. The Morgan fingerprint density at radius 1 is 1.29 bits per heavy atom. The van der Waals surface area contributed by atoms with Gasteiger partial charge < -0.3 is 4.74 Å². The Labute approximate surface area is 103 Å². The first-order chi connectivity index (χ1) is 8.13. The first-order valence-electron chi connectivity index (χ1n) is 5.07. The van der Waals surface area contributed by atoms with Gasteiger partial charge in [-0.15, -0.1) is 11.3 Å². The van der Waals surface area contributed by atoms with E-state index in [1.165, 1.54) is 30.6 Å². The Bertz CT molecular complexity index is 560. The molecule has 0 saturated carbocycles. The summed E-state index contributed by atoms with van der Waals surface area (Å²) in [5.74, 6) is -0.824. The van der Waals surface area contributed by atoms with Crippen LogP contribution in [0.4, 0.5) is 4.39 Å². The molecular weight excluding hydrogens is 239 g/mol. The molecule has 0 saturated heterocycles. The molecule has 0 aliphatic heterocycles. The molecule has 2 aromatic rings. The number of aryl methyl sites for hydroxylation is 1.